The summed E-state index contributed by atoms with van der Waals surface area (Å²) < 4.78 is 2.21. The lowest BCUT2D eigenvalue weighted by Crippen LogP contribution is -2.31. The molecule has 1 aliphatic heterocycles. The van der Waals surface area contributed by atoms with E-state index in [1.807, 2.05) is 18.5 Å². The highest BCUT2D eigenvalue weighted by Gasteiger charge is 2.17. The minimum absolute atomic E-state index is 0.284. The summed E-state index contributed by atoms with van der Waals surface area (Å²) in [6, 6.07) is 4.33. The maximum Gasteiger partial charge on any atom is 0.158 e. The second-order valence-electron chi connectivity index (χ2n) is 5.73. The molecule has 1 fully saturated rings. The van der Waals surface area contributed by atoms with Crippen molar-refractivity contribution in [2.75, 3.05) is 18.4 Å². The average Bonchev–Trinajstić information content (AvgIpc) is 3.06. The van der Waals surface area contributed by atoms with E-state index in [1.165, 1.54) is 18.8 Å². The number of fused-ring (bicyclic) bond motifs is 1. The van der Waals surface area contributed by atoms with Crippen LogP contribution in [0, 0.1) is 11.3 Å². The number of nitriles is 1. The van der Waals surface area contributed by atoms with Crippen LogP contribution in [0.15, 0.2) is 31.0 Å². The number of nitrogens with one attached hydrogen (secondary N) is 2. The first-order chi connectivity index (χ1) is 11.8. The van der Waals surface area contributed by atoms with Crippen LogP contribution in [-0.4, -0.2) is 37.6 Å². The first-order valence-corrected chi connectivity index (χ1v) is 7.86. The third-order valence-corrected chi connectivity index (χ3v) is 4.15. The molecule has 3 aromatic heterocycles. The van der Waals surface area contributed by atoms with Gasteiger partial charge in [0.15, 0.2) is 5.69 Å². The normalized spacial score (nSPS) is 17.5. The largest absolute Gasteiger partial charge is 0.326 e. The van der Waals surface area contributed by atoms with Gasteiger partial charge in [-0.15, -0.1) is 0 Å². The quantitative estimate of drug-likeness (QED) is 0.757. The van der Waals surface area contributed by atoms with Gasteiger partial charge >= 0.3 is 0 Å². The van der Waals surface area contributed by atoms with E-state index in [-0.39, 0.29) is 5.69 Å². The maximum absolute atomic E-state index is 8.77. The van der Waals surface area contributed by atoms with Crippen LogP contribution in [0.1, 0.15) is 24.6 Å². The Morgan fingerprint density at radius 2 is 2.08 bits per heavy atom. The predicted octanol–water partition coefficient (Wildman–Crippen LogP) is 1.76. The Labute approximate surface area is 138 Å². The van der Waals surface area contributed by atoms with E-state index in [1.54, 1.807) is 6.20 Å². The number of imidazole rings is 1. The van der Waals surface area contributed by atoms with E-state index in [4.69, 9.17) is 5.26 Å². The summed E-state index contributed by atoms with van der Waals surface area (Å²) in [5.74, 6) is 1.22. The smallest absolute Gasteiger partial charge is 0.158 e. The Morgan fingerprint density at radius 3 is 2.83 bits per heavy atom. The summed E-state index contributed by atoms with van der Waals surface area (Å²) in [7, 11) is 0. The minimum Gasteiger partial charge on any atom is -0.326 e. The van der Waals surface area contributed by atoms with Gasteiger partial charge in [-0.3, -0.25) is 0 Å². The Balaban J connectivity index is 1.62. The van der Waals surface area contributed by atoms with Crippen molar-refractivity contribution in [2.24, 2.45) is 0 Å². The molecule has 4 rings (SSSR count). The van der Waals surface area contributed by atoms with Crippen molar-refractivity contribution in [2.45, 2.75) is 18.9 Å². The van der Waals surface area contributed by atoms with Crippen LogP contribution >= 0.6 is 0 Å². The third-order valence-electron chi connectivity index (χ3n) is 4.15. The van der Waals surface area contributed by atoms with Gasteiger partial charge < -0.3 is 15.2 Å². The molecule has 120 valence electrons. The van der Waals surface area contributed by atoms with Crippen LogP contribution in [0.5, 0.6) is 0 Å². The standard InChI is InChI=1S/C16H16N8/c17-5-11-6-20-16(9-19-11)23-15-4-14-13(8-21-15)22-10-24(14)12-2-1-3-18-7-12/h4,6,8-10,12,18H,1-3,7H2,(H,20,21,23). The first-order valence-electron chi connectivity index (χ1n) is 7.86. The summed E-state index contributed by atoms with van der Waals surface area (Å²) in [5.41, 5.74) is 2.20. The molecule has 0 aliphatic carbocycles. The van der Waals surface area contributed by atoms with Gasteiger partial charge in [-0.1, -0.05) is 0 Å². The van der Waals surface area contributed by atoms with Gasteiger partial charge in [0.2, 0.25) is 0 Å². The molecule has 1 atom stereocenters. The van der Waals surface area contributed by atoms with E-state index in [2.05, 4.69) is 35.1 Å². The Bertz CT molecular complexity index is 887. The molecule has 8 heteroatoms. The highest BCUT2D eigenvalue weighted by molar-refractivity contribution is 5.78. The molecule has 0 radical (unpaired) electrons. The Morgan fingerprint density at radius 1 is 1.17 bits per heavy atom. The summed E-state index contributed by atoms with van der Waals surface area (Å²) >= 11 is 0. The molecule has 1 unspecified atom stereocenters. The lowest BCUT2D eigenvalue weighted by atomic mass is 10.1. The highest BCUT2D eigenvalue weighted by atomic mass is 15.1. The number of nitrogens with zero attached hydrogens (tertiary/aromatic N) is 6. The molecule has 0 bridgehead atoms. The molecular weight excluding hydrogens is 304 g/mol. The summed E-state index contributed by atoms with van der Waals surface area (Å²) in [5, 5.41) is 15.3. The molecule has 0 spiro atoms. The van der Waals surface area contributed by atoms with Crippen LogP contribution in [0.2, 0.25) is 0 Å². The molecule has 3 aromatic rings. The second kappa shape index (κ2) is 6.22. The molecule has 2 N–H and O–H groups in total. The summed E-state index contributed by atoms with van der Waals surface area (Å²) in [6.45, 7) is 2.03. The zero-order chi connectivity index (χ0) is 16.4. The van der Waals surface area contributed by atoms with Gasteiger partial charge in [-0.05, 0) is 19.4 Å². The number of hydrogen-bond acceptors (Lipinski definition) is 7. The van der Waals surface area contributed by atoms with E-state index < -0.39 is 0 Å². The average molecular weight is 320 g/mol. The van der Waals surface area contributed by atoms with Crippen molar-refractivity contribution in [3.63, 3.8) is 0 Å². The van der Waals surface area contributed by atoms with Crippen LogP contribution < -0.4 is 10.6 Å². The lowest BCUT2D eigenvalue weighted by molar-refractivity contribution is 0.378. The molecule has 1 aliphatic rings. The fraction of sp³-hybridized carbons (Fsp3) is 0.312. The predicted molar refractivity (Wildman–Crippen MR) is 88.7 cm³/mol. The Hall–Kier alpha value is -3.05. The SMILES string of the molecule is N#Cc1cnc(Nc2cc3c(cn2)ncn3C2CCCNC2)cn1. The van der Waals surface area contributed by atoms with E-state index in [9.17, 15) is 0 Å². The van der Waals surface area contributed by atoms with Gasteiger partial charge in [0.05, 0.1) is 30.4 Å². The monoisotopic (exact) mass is 320 g/mol. The lowest BCUT2D eigenvalue weighted by Gasteiger charge is -2.24. The summed E-state index contributed by atoms with van der Waals surface area (Å²) in [4.78, 5) is 17.0. The van der Waals surface area contributed by atoms with Gasteiger partial charge in [-0.25, -0.2) is 19.9 Å². The molecule has 4 heterocycles. The molecule has 0 aromatic carbocycles. The molecular formula is C16H16N8. The number of aromatic nitrogens is 5. The van der Waals surface area contributed by atoms with Crippen LogP contribution in [-0.2, 0) is 0 Å². The zero-order valence-electron chi connectivity index (χ0n) is 13.0. The molecule has 8 nitrogen and oxygen atoms in total. The van der Waals surface area contributed by atoms with Crippen molar-refractivity contribution in [1.82, 2.24) is 29.8 Å². The highest BCUT2D eigenvalue weighted by Crippen LogP contribution is 2.24. The van der Waals surface area contributed by atoms with Crippen molar-refractivity contribution in [3.8, 4) is 6.07 Å². The Kier molecular flexibility index (Phi) is 3.76. The van der Waals surface area contributed by atoms with Gasteiger partial charge in [0.1, 0.15) is 23.2 Å². The minimum atomic E-state index is 0.284. The van der Waals surface area contributed by atoms with Crippen LogP contribution in [0.25, 0.3) is 11.0 Å². The van der Waals surface area contributed by atoms with Crippen molar-refractivity contribution >= 4 is 22.7 Å². The fourth-order valence-corrected chi connectivity index (χ4v) is 2.94. The second-order valence-corrected chi connectivity index (χ2v) is 5.73. The topological polar surface area (TPSA) is 104 Å². The van der Waals surface area contributed by atoms with Crippen molar-refractivity contribution in [1.29, 1.82) is 5.26 Å². The number of rotatable bonds is 3. The van der Waals surface area contributed by atoms with Crippen molar-refractivity contribution < 1.29 is 0 Å². The van der Waals surface area contributed by atoms with Crippen LogP contribution in [0.4, 0.5) is 11.6 Å². The zero-order valence-corrected chi connectivity index (χ0v) is 13.0. The van der Waals surface area contributed by atoms with Crippen LogP contribution in [0.3, 0.4) is 0 Å². The maximum atomic E-state index is 8.77. The van der Waals surface area contributed by atoms with E-state index in [0.717, 1.165) is 30.5 Å². The fourth-order valence-electron chi connectivity index (χ4n) is 2.94. The van der Waals surface area contributed by atoms with E-state index in [0.29, 0.717) is 17.7 Å². The van der Waals surface area contributed by atoms with Gasteiger partial charge in [0.25, 0.3) is 0 Å². The first kappa shape index (κ1) is 14.5. The number of pyridine rings is 1. The third kappa shape index (κ3) is 2.77. The molecule has 0 saturated carbocycles. The van der Waals surface area contributed by atoms with Gasteiger partial charge in [0, 0.05) is 18.7 Å². The van der Waals surface area contributed by atoms with E-state index >= 15 is 0 Å². The molecule has 24 heavy (non-hydrogen) atoms. The van der Waals surface area contributed by atoms with Crippen molar-refractivity contribution in [3.05, 3.63) is 36.7 Å². The molecule has 1 saturated heterocycles. The summed E-state index contributed by atoms with van der Waals surface area (Å²) in [6.07, 6.45) is 8.90. The molecule has 0 amide bonds. The van der Waals surface area contributed by atoms with Gasteiger partial charge in [-0.2, -0.15) is 5.26 Å². The number of anilines is 2. The number of piperidine rings is 1. The number of hydrogen-bond donors (Lipinski definition) is 2.